The number of carbonyl (C=O) groups is 2. The maximum absolute atomic E-state index is 12.9. The second kappa shape index (κ2) is 8.13. The molecule has 156 valence electrons. The Bertz CT molecular complexity index is 904. The highest BCUT2D eigenvalue weighted by Crippen LogP contribution is 2.44. The van der Waals surface area contributed by atoms with Crippen LogP contribution in [0.5, 0.6) is 0 Å². The van der Waals surface area contributed by atoms with Gasteiger partial charge in [-0.15, -0.1) is 0 Å². The second-order valence-corrected chi connectivity index (χ2v) is 8.62. The number of ether oxygens (including phenoxy) is 2. The molecule has 5 nitrogen and oxygen atoms in total. The number of rotatable bonds is 4. The van der Waals surface area contributed by atoms with Gasteiger partial charge in [0.1, 0.15) is 12.6 Å². The molecule has 2 aromatic rings. The minimum Gasteiger partial charge on any atom is -0.448 e. The molecule has 0 radical (unpaired) electrons. The van der Waals surface area contributed by atoms with Gasteiger partial charge in [0.2, 0.25) is 0 Å². The molecule has 1 saturated heterocycles. The van der Waals surface area contributed by atoms with Crippen LogP contribution in [0.1, 0.15) is 55.6 Å². The summed E-state index contributed by atoms with van der Waals surface area (Å²) in [5, 5.41) is 0. The molecular formula is C25H27NO4. The lowest BCUT2D eigenvalue weighted by Crippen LogP contribution is -2.40. The van der Waals surface area contributed by atoms with Crippen LogP contribution in [0.4, 0.5) is 4.79 Å². The monoisotopic (exact) mass is 405 g/mol. The molecule has 0 spiro atoms. The van der Waals surface area contributed by atoms with Gasteiger partial charge in [0.05, 0.1) is 0 Å². The Balaban J connectivity index is 1.28. The van der Waals surface area contributed by atoms with Crippen molar-refractivity contribution in [2.75, 3.05) is 13.3 Å². The van der Waals surface area contributed by atoms with Crippen molar-refractivity contribution in [1.29, 1.82) is 0 Å². The number of benzene rings is 2. The molecule has 0 unspecified atom stereocenters. The Morgan fingerprint density at radius 1 is 0.967 bits per heavy atom. The Morgan fingerprint density at radius 2 is 1.60 bits per heavy atom. The molecule has 1 saturated carbocycles. The fraction of sp³-hybridized carbons (Fsp3) is 0.440. The van der Waals surface area contributed by atoms with Crippen LogP contribution >= 0.6 is 0 Å². The van der Waals surface area contributed by atoms with Gasteiger partial charge in [0, 0.05) is 5.92 Å². The van der Waals surface area contributed by atoms with E-state index in [0.717, 1.165) is 12.8 Å². The van der Waals surface area contributed by atoms with Crippen molar-refractivity contribution in [3.63, 3.8) is 0 Å². The smallest absolute Gasteiger partial charge is 0.413 e. The van der Waals surface area contributed by atoms with Gasteiger partial charge in [-0.05, 0) is 34.6 Å². The molecule has 2 aliphatic carbocycles. The van der Waals surface area contributed by atoms with Gasteiger partial charge in [0.15, 0.2) is 6.73 Å². The van der Waals surface area contributed by atoms with Gasteiger partial charge in [-0.25, -0.2) is 9.59 Å². The lowest BCUT2D eigenvalue weighted by atomic mass is 9.84. The average Bonchev–Trinajstić information content (AvgIpc) is 3.31. The zero-order valence-corrected chi connectivity index (χ0v) is 17.1. The van der Waals surface area contributed by atoms with Crippen LogP contribution < -0.4 is 0 Å². The summed E-state index contributed by atoms with van der Waals surface area (Å²) in [6, 6.07) is 16.0. The third-order valence-corrected chi connectivity index (χ3v) is 6.85. The van der Waals surface area contributed by atoms with Crippen molar-refractivity contribution < 1.29 is 19.1 Å². The maximum atomic E-state index is 12.9. The molecule has 1 heterocycles. The fourth-order valence-corrected chi connectivity index (χ4v) is 5.27. The number of esters is 1. The number of carbonyl (C=O) groups excluding carboxylic acids is 2. The molecule has 1 aliphatic heterocycles. The van der Waals surface area contributed by atoms with E-state index in [-0.39, 0.29) is 25.2 Å². The summed E-state index contributed by atoms with van der Waals surface area (Å²) in [7, 11) is 0. The van der Waals surface area contributed by atoms with Crippen molar-refractivity contribution in [2.45, 2.75) is 50.5 Å². The van der Waals surface area contributed by atoms with Gasteiger partial charge >= 0.3 is 12.1 Å². The van der Waals surface area contributed by atoms with E-state index in [1.54, 1.807) is 0 Å². The molecule has 1 amide bonds. The summed E-state index contributed by atoms with van der Waals surface area (Å²) < 4.78 is 11.0. The third-order valence-electron chi connectivity index (χ3n) is 6.85. The van der Waals surface area contributed by atoms with Crippen molar-refractivity contribution in [2.24, 2.45) is 5.92 Å². The summed E-state index contributed by atoms with van der Waals surface area (Å²) in [6.45, 7) is 0.251. The fourth-order valence-electron chi connectivity index (χ4n) is 5.27. The predicted molar refractivity (Wildman–Crippen MR) is 113 cm³/mol. The normalized spacial score (nSPS) is 21.3. The molecule has 0 N–H and O–H groups in total. The number of nitrogens with zero attached hydrogens (tertiary/aromatic N) is 1. The lowest BCUT2D eigenvalue weighted by Gasteiger charge is -2.27. The van der Waals surface area contributed by atoms with Crippen LogP contribution in [-0.2, 0) is 14.3 Å². The summed E-state index contributed by atoms with van der Waals surface area (Å²) in [6.07, 6.45) is 6.16. The zero-order valence-electron chi connectivity index (χ0n) is 17.1. The summed E-state index contributed by atoms with van der Waals surface area (Å²) in [5.74, 6) is 0.199. The average molecular weight is 405 g/mol. The first kappa shape index (κ1) is 19.2. The van der Waals surface area contributed by atoms with Crippen LogP contribution in [0.15, 0.2) is 48.5 Å². The largest absolute Gasteiger partial charge is 0.448 e. The number of hydrogen-bond acceptors (Lipinski definition) is 4. The summed E-state index contributed by atoms with van der Waals surface area (Å²) in [5.41, 5.74) is 4.76. The van der Waals surface area contributed by atoms with Gasteiger partial charge < -0.3 is 9.47 Å². The predicted octanol–water partition coefficient (Wildman–Crippen LogP) is 5.09. The maximum Gasteiger partial charge on any atom is 0.413 e. The van der Waals surface area contributed by atoms with Crippen molar-refractivity contribution in [3.05, 3.63) is 59.7 Å². The highest BCUT2D eigenvalue weighted by Gasteiger charge is 2.40. The van der Waals surface area contributed by atoms with E-state index in [1.165, 1.54) is 46.4 Å². The van der Waals surface area contributed by atoms with Gasteiger partial charge in [-0.3, -0.25) is 4.90 Å². The highest BCUT2D eigenvalue weighted by atomic mass is 16.6. The van der Waals surface area contributed by atoms with Crippen molar-refractivity contribution in [3.8, 4) is 11.1 Å². The molecule has 2 aromatic carbocycles. The SMILES string of the molecule is O=C1OCN(C(=O)OCC2c3ccccc3-c3ccccc32)[C@H]1CC1CCCCC1. The topological polar surface area (TPSA) is 55.8 Å². The third kappa shape index (κ3) is 3.47. The van der Waals surface area contributed by atoms with E-state index >= 15 is 0 Å². The van der Waals surface area contributed by atoms with Crippen LogP contribution in [0.25, 0.3) is 11.1 Å². The molecule has 3 aliphatic rings. The molecule has 1 atom stereocenters. The van der Waals surface area contributed by atoms with Crippen LogP contribution in [-0.4, -0.2) is 36.3 Å². The Labute approximate surface area is 177 Å². The van der Waals surface area contributed by atoms with E-state index in [4.69, 9.17) is 9.47 Å². The van der Waals surface area contributed by atoms with E-state index in [2.05, 4.69) is 24.3 Å². The van der Waals surface area contributed by atoms with Crippen LogP contribution in [0.3, 0.4) is 0 Å². The number of amides is 1. The molecule has 0 bridgehead atoms. The number of hydrogen-bond donors (Lipinski definition) is 0. The summed E-state index contributed by atoms with van der Waals surface area (Å²) in [4.78, 5) is 26.6. The van der Waals surface area contributed by atoms with E-state index < -0.39 is 12.1 Å². The molecule has 0 aromatic heterocycles. The first-order chi connectivity index (χ1) is 14.7. The van der Waals surface area contributed by atoms with E-state index in [1.807, 2.05) is 24.3 Å². The number of fused-ring (bicyclic) bond motifs is 3. The van der Waals surface area contributed by atoms with Crippen molar-refractivity contribution in [1.82, 2.24) is 4.90 Å². The molecule has 5 heteroatoms. The van der Waals surface area contributed by atoms with Gasteiger partial charge in [-0.1, -0.05) is 80.6 Å². The molecule has 30 heavy (non-hydrogen) atoms. The quantitative estimate of drug-likeness (QED) is 0.665. The van der Waals surface area contributed by atoms with E-state index in [0.29, 0.717) is 12.3 Å². The Morgan fingerprint density at radius 3 is 2.27 bits per heavy atom. The van der Waals surface area contributed by atoms with E-state index in [9.17, 15) is 9.59 Å². The first-order valence-electron chi connectivity index (χ1n) is 11.0. The second-order valence-electron chi connectivity index (χ2n) is 8.62. The van der Waals surface area contributed by atoms with Gasteiger partial charge in [0.25, 0.3) is 0 Å². The minimum atomic E-state index is -0.510. The molecule has 2 fully saturated rings. The Hall–Kier alpha value is -2.82. The lowest BCUT2D eigenvalue weighted by molar-refractivity contribution is -0.139. The summed E-state index contributed by atoms with van der Waals surface area (Å²) >= 11 is 0. The highest BCUT2D eigenvalue weighted by molar-refractivity contribution is 5.84. The standard InChI is InChI=1S/C25H27NO4/c27-24-23(14-17-8-2-1-3-9-17)26(16-30-24)25(28)29-15-22-20-12-6-4-10-18(20)19-11-5-7-13-21(19)22/h4-7,10-13,17,22-23H,1-3,8-9,14-16H2/t23-/m0/s1. The van der Waals surface area contributed by atoms with Gasteiger partial charge in [-0.2, -0.15) is 0 Å². The Kier molecular flexibility index (Phi) is 5.19. The first-order valence-corrected chi connectivity index (χ1v) is 11.0. The minimum absolute atomic E-state index is 0.00705. The zero-order chi connectivity index (χ0) is 20.5. The molecule has 5 rings (SSSR count). The molecular weight excluding hydrogens is 378 g/mol. The van der Waals surface area contributed by atoms with Crippen molar-refractivity contribution >= 4 is 12.1 Å². The van der Waals surface area contributed by atoms with Crippen LogP contribution in [0, 0.1) is 5.92 Å². The van der Waals surface area contributed by atoms with Crippen LogP contribution in [0.2, 0.25) is 0 Å². The number of cyclic esters (lactones) is 1.